The molecule has 1 atom stereocenters. The highest BCUT2D eigenvalue weighted by atomic mass is 16.3. The van der Waals surface area contributed by atoms with E-state index in [-0.39, 0.29) is 12.5 Å². The van der Waals surface area contributed by atoms with E-state index in [0.717, 1.165) is 5.56 Å². The molecule has 0 bridgehead atoms. The molecular weight excluding hydrogens is 188 g/mol. The molecule has 0 spiro atoms. The van der Waals surface area contributed by atoms with Crippen molar-refractivity contribution >= 4 is 0 Å². The molecule has 15 heavy (non-hydrogen) atoms. The summed E-state index contributed by atoms with van der Waals surface area (Å²) in [4.78, 5) is 0. The molecule has 1 aromatic rings. The molecule has 0 amide bonds. The molecule has 0 heterocycles. The molecule has 1 fully saturated rings. The Labute approximate surface area is 90.6 Å². The van der Waals surface area contributed by atoms with Crippen molar-refractivity contribution in [3.05, 3.63) is 29.8 Å². The van der Waals surface area contributed by atoms with E-state index in [1.165, 1.54) is 25.7 Å². The number of para-hydroxylation sites is 1. The monoisotopic (exact) mass is 206 g/mol. The van der Waals surface area contributed by atoms with Gasteiger partial charge in [-0.15, -0.1) is 0 Å². The number of hydrogen-bond acceptors (Lipinski definition) is 2. The van der Waals surface area contributed by atoms with Crippen molar-refractivity contribution in [3.8, 4) is 5.75 Å². The van der Waals surface area contributed by atoms with E-state index in [9.17, 15) is 10.2 Å². The van der Waals surface area contributed by atoms with Crippen molar-refractivity contribution in [3.63, 3.8) is 0 Å². The second-order valence-corrected chi connectivity index (χ2v) is 4.39. The Morgan fingerprint density at radius 3 is 2.47 bits per heavy atom. The first-order chi connectivity index (χ1) is 7.33. The van der Waals surface area contributed by atoms with Gasteiger partial charge in [0.05, 0.1) is 6.61 Å². The summed E-state index contributed by atoms with van der Waals surface area (Å²) < 4.78 is 0. The first-order valence-electron chi connectivity index (χ1n) is 5.71. The predicted octanol–water partition coefficient (Wildman–Crippen LogP) is 2.66. The highest BCUT2D eigenvalue weighted by molar-refractivity contribution is 5.35. The van der Waals surface area contributed by atoms with Crippen LogP contribution in [0.4, 0.5) is 0 Å². The molecule has 0 aliphatic heterocycles. The van der Waals surface area contributed by atoms with Crippen LogP contribution in [0.15, 0.2) is 24.3 Å². The summed E-state index contributed by atoms with van der Waals surface area (Å²) in [6.45, 7) is 0.141. The summed E-state index contributed by atoms with van der Waals surface area (Å²) in [5, 5.41) is 19.2. The van der Waals surface area contributed by atoms with E-state index in [1.807, 2.05) is 18.2 Å². The minimum atomic E-state index is 0.119. The fraction of sp³-hybridized carbons (Fsp3) is 0.538. The SMILES string of the molecule is OCC(c1ccccc1O)C1CCCC1. The van der Waals surface area contributed by atoms with Crippen LogP contribution in [0.3, 0.4) is 0 Å². The molecular formula is C13H18O2. The van der Waals surface area contributed by atoms with Crippen LogP contribution < -0.4 is 0 Å². The topological polar surface area (TPSA) is 40.5 Å². The molecule has 2 N–H and O–H groups in total. The van der Waals surface area contributed by atoms with E-state index in [0.29, 0.717) is 11.7 Å². The van der Waals surface area contributed by atoms with Crippen LogP contribution in [0.25, 0.3) is 0 Å². The third-order valence-electron chi connectivity index (χ3n) is 3.50. The number of phenolic OH excluding ortho intramolecular Hbond substituents is 1. The Morgan fingerprint density at radius 2 is 1.87 bits per heavy atom. The lowest BCUT2D eigenvalue weighted by atomic mass is 9.85. The molecule has 1 aliphatic rings. The Morgan fingerprint density at radius 1 is 1.20 bits per heavy atom. The average molecular weight is 206 g/mol. The highest BCUT2D eigenvalue weighted by Crippen LogP contribution is 2.39. The van der Waals surface area contributed by atoms with Gasteiger partial charge in [-0.3, -0.25) is 0 Å². The Bertz CT molecular complexity index is 316. The highest BCUT2D eigenvalue weighted by Gasteiger charge is 2.27. The second kappa shape index (κ2) is 4.67. The quantitative estimate of drug-likeness (QED) is 0.798. The third kappa shape index (κ3) is 2.15. The van der Waals surface area contributed by atoms with Crippen LogP contribution >= 0.6 is 0 Å². The van der Waals surface area contributed by atoms with Gasteiger partial charge in [-0.1, -0.05) is 31.0 Å². The molecule has 2 heteroatoms. The summed E-state index contributed by atoms with van der Waals surface area (Å²) in [5.74, 6) is 0.987. The normalized spacial score (nSPS) is 19.3. The van der Waals surface area contributed by atoms with Gasteiger partial charge < -0.3 is 10.2 Å². The largest absolute Gasteiger partial charge is 0.508 e. The predicted molar refractivity (Wildman–Crippen MR) is 59.9 cm³/mol. The molecule has 0 aromatic heterocycles. The molecule has 1 aliphatic carbocycles. The standard InChI is InChI=1S/C13H18O2/c14-9-12(10-5-1-2-6-10)11-7-3-4-8-13(11)15/h3-4,7-8,10,12,14-15H,1-2,5-6,9H2. The smallest absolute Gasteiger partial charge is 0.119 e. The molecule has 2 nitrogen and oxygen atoms in total. The van der Waals surface area contributed by atoms with Crippen LogP contribution in [-0.4, -0.2) is 16.8 Å². The van der Waals surface area contributed by atoms with Crippen molar-refractivity contribution in [1.29, 1.82) is 0 Å². The van der Waals surface area contributed by atoms with Gasteiger partial charge in [0, 0.05) is 5.92 Å². The number of phenols is 1. The van der Waals surface area contributed by atoms with E-state index in [1.54, 1.807) is 6.07 Å². The Balaban J connectivity index is 2.22. The van der Waals surface area contributed by atoms with Crippen molar-refractivity contribution in [1.82, 2.24) is 0 Å². The zero-order valence-electron chi connectivity index (χ0n) is 8.89. The zero-order chi connectivity index (χ0) is 10.7. The molecule has 0 radical (unpaired) electrons. The maximum Gasteiger partial charge on any atom is 0.119 e. The summed E-state index contributed by atoms with van der Waals surface area (Å²) >= 11 is 0. The van der Waals surface area contributed by atoms with Crippen LogP contribution in [0.5, 0.6) is 5.75 Å². The number of hydrogen-bond donors (Lipinski definition) is 2. The molecule has 0 saturated heterocycles. The maximum absolute atomic E-state index is 9.76. The molecule has 2 rings (SSSR count). The fourth-order valence-corrected chi connectivity index (χ4v) is 2.66. The summed E-state index contributed by atoms with van der Waals surface area (Å²) in [7, 11) is 0. The average Bonchev–Trinajstić information content (AvgIpc) is 2.75. The lowest BCUT2D eigenvalue weighted by molar-refractivity contribution is 0.223. The van der Waals surface area contributed by atoms with Gasteiger partial charge in [-0.25, -0.2) is 0 Å². The van der Waals surface area contributed by atoms with Crippen molar-refractivity contribution in [2.24, 2.45) is 5.92 Å². The van der Waals surface area contributed by atoms with E-state index < -0.39 is 0 Å². The Hall–Kier alpha value is -1.02. The molecule has 1 unspecified atom stereocenters. The van der Waals surface area contributed by atoms with Crippen LogP contribution in [0.1, 0.15) is 37.2 Å². The molecule has 1 aromatic carbocycles. The van der Waals surface area contributed by atoms with Gasteiger partial charge in [-0.05, 0) is 30.4 Å². The second-order valence-electron chi connectivity index (χ2n) is 4.39. The van der Waals surface area contributed by atoms with Crippen molar-refractivity contribution in [2.75, 3.05) is 6.61 Å². The van der Waals surface area contributed by atoms with Gasteiger partial charge in [0.15, 0.2) is 0 Å². The number of aromatic hydroxyl groups is 1. The van der Waals surface area contributed by atoms with Crippen LogP contribution in [0, 0.1) is 5.92 Å². The number of rotatable bonds is 3. The Kier molecular flexibility index (Phi) is 3.27. The summed E-state index contributed by atoms with van der Waals surface area (Å²) in [6, 6.07) is 7.37. The number of aliphatic hydroxyl groups is 1. The van der Waals surface area contributed by atoms with Gasteiger partial charge in [0.25, 0.3) is 0 Å². The van der Waals surface area contributed by atoms with Crippen molar-refractivity contribution in [2.45, 2.75) is 31.6 Å². The number of benzene rings is 1. The minimum absolute atomic E-state index is 0.119. The van der Waals surface area contributed by atoms with Crippen LogP contribution in [0.2, 0.25) is 0 Å². The number of aliphatic hydroxyl groups excluding tert-OH is 1. The first-order valence-corrected chi connectivity index (χ1v) is 5.71. The van der Waals surface area contributed by atoms with Crippen molar-refractivity contribution < 1.29 is 10.2 Å². The van der Waals surface area contributed by atoms with E-state index in [4.69, 9.17) is 0 Å². The molecule has 82 valence electrons. The van der Waals surface area contributed by atoms with Crippen LogP contribution in [-0.2, 0) is 0 Å². The summed E-state index contributed by atoms with van der Waals surface area (Å²) in [5.41, 5.74) is 0.909. The lowest BCUT2D eigenvalue weighted by Gasteiger charge is -2.22. The lowest BCUT2D eigenvalue weighted by Crippen LogP contribution is -2.14. The molecule has 1 saturated carbocycles. The fourth-order valence-electron chi connectivity index (χ4n) is 2.66. The zero-order valence-corrected chi connectivity index (χ0v) is 8.89. The summed E-state index contributed by atoms with van der Waals surface area (Å²) in [6.07, 6.45) is 4.88. The van der Waals surface area contributed by atoms with Gasteiger partial charge >= 0.3 is 0 Å². The third-order valence-corrected chi connectivity index (χ3v) is 3.50. The van der Waals surface area contributed by atoms with Gasteiger partial charge in [0.2, 0.25) is 0 Å². The maximum atomic E-state index is 9.76. The first kappa shape index (κ1) is 10.5. The van der Waals surface area contributed by atoms with Gasteiger partial charge in [0.1, 0.15) is 5.75 Å². The van der Waals surface area contributed by atoms with E-state index >= 15 is 0 Å². The van der Waals surface area contributed by atoms with Gasteiger partial charge in [-0.2, -0.15) is 0 Å². The van der Waals surface area contributed by atoms with E-state index in [2.05, 4.69) is 0 Å². The minimum Gasteiger partial charge on any atom is -0.508 e.